The Hall–Kier alpha value is -0.240. The van der Waals surface area contributed by atoms with E-state index in [4.69, 9.17) is 0 Å². The van der Waals surface area contributed by atoms with Crippen LogP contribution in [0, 0.1) is 22.7 Å². The van der Waals surface area contributed by atoms with E-state index in [1.165, 1.54) is 43.4 Å². The van der Waals surface area contributed by atoms with Crippen molar-refractivity contribution in [1.82, 2.24) is 0 Å². The number of Topliss-reactive ketones (excluding diaryl/α,β-unsaturated/α-hetero) is 1. The van der Waals surface area contributed by atoms with E-state index in [2.05, 4.69) is 27.4 Å². The van der Waals surface area contributed by atoms with Gasteiger partial charge >= 0.3 is 0 Å². The second-order valence-corrected chi connectivity index (χ2v) is 11.1. The van der Waals surface area contributed by atoms with E-state index in [1.54, 1.807) is 0 Å². The molecule has 0 spiro atoms. The van der Waals surface area contributed by atoms with E-state index in [9.17, 15) is 4.79 Å². The summed E-state index contributed by atoms with van der Waals surface area (Å²) >= 11 is 0. The first kappa shape index (κ1) is 14.4. The molecule has 1 saturated heterocycles. The van der Waals surface area contributed by atoms with Crippen molar-refractivity contribution in [2.75, 3.05) is 5.75 Å². The van der Waals surface area contributed by atoms with Crippen LogP contribution in [0.1, 0.15) is 59.3 Å². The van der Waals surface area contributed by atoms with Gasteiger partial charge in [0, 0.05) is 18.8 Å². The quantitative estimate of drug-likeness (QED) is 0.566. The van der Waals surface area contributed by atoms with Gasteiger partial charge in [-0.1, -0.05) is 20.4 Å². The Morgan fingerprint density at radius 2 is 2.10 bits per heavy atom. The second kappa shape index (κ2) is 4.40. The number of fused-ring (bicyclic) bond motifs is 4. The smallest absolute Gasteiger partial charge is 0.144 e. The Morgan fingerprint density at radius 1 is 1.33 bits per heavy atom. The van der Waals surface area contributed by atoms with E-state index in [1.807, 2.05) is 0 Å². The lowest BCUT2D eigenvalue weighted by molar-refractivity contribution is -0.130. The maximum absolute atomic E-state index is 13.1. The number of ketones is 1. The summed E-state index contributed by atoms with van der Waals surface area (Å²) in [6, 6.07) is 0. The van der Waals surface area contributed by atoms with Crippen LogP contribution in [0.5, 0.6) is 0 Å². The van der Waals surface area contributed by atoms with Crippen molar-refractivity contribution in [2.24, 2.45) is 22.7 Å². The van der Waals surface area contributed by atoms with E-state index in [0.717, 1.165) is 17.6 Å². The average molecular weight is 306 g/mol. The highest BCUT2D eigenvalue weighted by Gasteiger charge is 2.75. The molecule has 4 aliphatic rings. The fourth-order valence-corrected chi connectivity index (χ4v) is 10.7. The topological polar surface area (TPSA) is 17.1 Å². The van der Waals surface area contributed by atoms with Gasteiger partial charge in [-0.2, -0.15) is 0 Å². The number of rotatable bonds is 3. The normalized spacial score (nSPS) is 50.0. The van der Waals surface area contributed by atoms with Crippen molar-refractivity contribution in [3.8, 4) is 0 Å². The Balaban J connectivity index is 1.77. The molecule has 116 valence electrons. The molecule has 0 amide bonds. The van der Waals surface area contributed by atoms with Crippen LogP contribution in [-0.4, -0.2) is 22.0 Å². The largest absolute Gasteiger partial charge is 0.299 e. The summed E-state index contributed by atoms with van der Waals surface area (Å²) in [5, 5.41) is 1.61. The minimum absolute atomic E-state index is 0.0378. The lowest BCUT2D eigenvalue weighted by atomic mass is 9.64. The predicted molar refractivity (Wildman–Crippen MR) is 90.5 cm³/mol. The minimum atomic E-state index is 0.0378. The van der Waals surface area contributed by atoms with Gasteiger partial charge in [0.1, 0.15) is 22.0 Å². The maximum Gasteiger partial charge on any atom is 0.144 e. The molecular weight excluding hydrogens is 276 g/mol. The molecule has 0 aromatic carbocycles. The Morgan fingerprint density at radius 3 is 2.67 bits per heavy atom. The first-order valence-electron chi connectivity index (χ1n) is 8.74. The summed E-state index contributed by atoms with van der Waals surface area (Å²) in [5.41, 5.74) is 1.63. The first-order chi connectivity index (χ1) is 9.88. The molecule has 3 aliphatic carbocycles. The zero-order valence-corrected chi connectivity index (χ0v) is 14.6. The third kappa shape index (κ3) is 1.63. The molecular formula is C19H29OS+. The molecule has 2 heteroatoms. The summed E-state index contributed by atoms with van der Waals surface area (Å²) in [6.07, 6.45) is 7.60. The number of hydrogen-bond acceptors (Lipinski definition) is 1. The molecule has 1 unspecified atom stereocenters. The van der Waals surface area contributed by atoms with Crippen LogP contribution in [0.15, 0.2) is 12.2 Å². The van der Waals surface area contributed by atoms with Crippen LogP contribution < -0.4 is 0 Å². The highest BCUT2D eigenvalue weighted by molar-refractivity contribution is 7.98. The van der Waals surface area contributed by atoms with Gasteiger partial charge in [-0.3, -0.25) is 4.79 Å². The van der Waals surface area contributed by atoms with Crippen LogP contribution in [0.25, 0.3) is 0 Å². The van der Waals surface area contributed by atoms with Crippen molar-refractivity contribution in [3.63, 3.8) is 0 Å². The first-order valence-corrected chi connectivity index (χ1v) is 10.3. The molecule has 4 fully saturated rings. The van der Waals surface area contributed by atoms with Gasteiger partial charge in [0.15, 0.2) is 0 Å². The summed E-state index contributed by atoms with van der Waals surface area (Å²) in [7, 11) is 0.427. The van der Waals surface area contributed by atoms with Crippen LogP contribution in [0.4, 0.5) is 0 Å². The monoisotopic (exact) mass is 305 g/mol. The molecule has 21 heavy (non-hydrogen) atoms. The van der Waals surface area contributed by atoms with E-state index >= 15 is 0 Å². The number of carbonyl (C=O) groups is 1. The lowest BCUT2D eigenvalue weighted by Crippen LogP contribution is -2.53. The van der Waals surface area contributed by atoms with Gasteiger partial charge in [-0.25, -0.2) is 0 Å². The third-order valence-electron chi connectivity index (χ3n) is 7.49. The van der Waals surface area contributed by atoms with Crippen LogP contribution in [0.3, 0.4) is 0 Å². The van der Waals surface area contributed by atoms with E-state index < -0.39 is 0 Å². The molecule has 6 atom stereocenters. The second-order valence-electron chi connectivity index (χ2n) is 8.74. The molecule has 0 aromatic heterocycles. The van der Waals surface area contributed by atoms with Crippen molar-refractivity contribution in [1.29, 1.82) is 0 Å². The Kier molecular flexibility index (Phi) is 3.01. The predicted octanol–water partition coefficient (Wildman–Crippen LogP) is 4.13. The molecule has 3 saturated carbocycles. The van der Waals surface area contributed by atoms with Crippen LogP contribution in [-0.2, 0) is 15.7 Å². The number of carbonyl (C=O) groups excluding carboxylic acids is 1. The molecule has 1 heterocycles. The molecule has 4 rings (SSSR count). The summed E-state index contributed by atoms with van der Waals surface area (Å²) in [6.45, 7) is 11.2. The van der Waals surface area contributed by atoms with Crippen molar-refractivity contribution >= 4 is 16.7 Å². The van der Waals surface area contributed by atoms with Crippen molar-refractivity contribution in [3.05, 3.63) is 12.2 Å². The lowest BCUT2D eigenvalue weighted by Gasteiger charge is -2.43. The molecule has 0 radical (unpaired) electrons. The highest BCUT2D eigenvalue weighted by Crippen LogP contribution is 2.70. The van der Waals surface area contributed by atoms with E-state index in [0.29, 0.717) is 27.8 Å². The van der Waals surface area contributed by atoms with Crippen LogP contribution >= 0.6 is 0 Å². The Bertz CT molecular complexity index is 508. The van der Waals surface area contributed by atoms with Gasteiger partial charge in [-0.15, -0.1) is 0 Å². The highest BCUT2D eigenvalue weighted by atomic mass is 32.2. The van der Waals surface area contributed by atoms with Gasteiger partial charge in [0.05, 0.1) is 5.41 Å². The zero-order valence-electron chi connectivity index (χ0n) is 13.8. The van der Waals surface area contributed by atoms with Crippen molar-refractivity contribution in [2.45, 2.75) is 69.8 Å². The van der Waals surface area contributed by atoms with Crippen molar-refractivity contribution < 1.29 is 4.79 Å². The maximum atomic E-state index is 13.1. The van der Waals surface area contributed by atoms with Gasteiger partial charge in [0.2, 0.25) is 0 Å². The van der Waals surface area contributed by atoms with Gasteiger partial charge < -0.3 is 0 Å². The summed E-state index contributed by atoms with van der Waals surface area (Å²) in [5.74, 6) is 3.35. The Labute approximate surface area is 132 Å². The summed E-state index contributed by atoms with van der Waals surface area (Å²) in [4.78, 5) is 13.1. The molecule has 1 aliphatic heterocycles. The van der Waals surface area contributed by atoms with Crippen LogP contribution in [0.2, 0.25) is 0 Å². The third-order valence-corrected chi connectivity index (χ3v) is 11.0. The fraction of sp³-hybridized carbons (Fsp3) is 0.842. The zero-order chi connectivity index (χ0) is 15.0. The average Bonchev–Trinajstić information content (AvgIpc) is 3.08. The van der Waals surface area contributed by atoms with Gasteiger partial charge in [0.25, 0.3) is 0 Å². The number of hydrogen-bond donors (Lipinski definition) is 0. The molecule has 0 aromatic rings. The molecule has 1 nitrogen and oxygen atoms in total. The minimum Gasteiger partial charge on any atom is -0.299 e. The summed E-state index contributed by atoms with van der Waals surface area (Å²) < 4.78 is 0. The fourth-order valence-electron chi connectivity index (χ4n) is 6.51. The van der Waals surface area contributed by atoms with E-state index in [-0.39, 0.29) is 10.8 Å². The molecule has 0 N–H and O–H groups in total. The SMILES string of the molecule is C=C(C)C[S+]1[C@H]2CC[C@H](C2)[C@H]1[C@]12CC[C@H](CC1=O)C2(C)C. The molecule has 4 bridgehead atoms. The van der Waals surface area contributed by atoms with Gasteiger partial charge in [-0.05, 0) is 60.4 Å². The standard InChI is InChI=1S/C19H29OS/c1-12(2)11-21-15-6-5-13(9-15)17(21)19-8-7-14(10-16(19)20)18(19,3)4/h13-15,17H,1,5-11H2,2-4H3/q+1/t13-,14-,15+,17+,19+,21?/m1/s1.